The predicted octanol–water partition coefficient (Wildman–Crippen LogP) is 4.43. The van der Waals surface area contributed by atoms with E-state index in [4.69, 9.17) is 0 Å². The summed E-state index contributed by atoms with van der Waals surface area (Å²) in [6.07, 6.45) is 1.16. The standard InChI is InChI=1S/C22H20FN3O3S2/c1-13(15-4-10-18(11-5-15)31(3,28)29)24-21(27)20-12-19-14(2)25-26(22(19)30-20)17-8-6-16(23)7-9-17/h4-13H,1-3H3,(H,24,27). The van der Waals surface area contributed by atoms with Crippen molar-refractivity contribution >= 4 is 37.3 Å². The first-order chi connectivity index (χ1) is 14.6. The van der Waals surface area contributed by atoms with Gasteiger partial charge in [-0.3, -0.25) is 4.79 Å². The summed E-state index contributed by atoms with van der Waals surface area (Å²) in [7, 11) is -3.27. The highest BCUT2D eigenvalue weighted by atomic mass is 32.2. The number of amides is 1. The van der Waals surface area contributed by atoms with Crippen molar-refractivity contribution < 1.29 is 17.6 Å². The van der Waals surface area contributed by atoms with Crippen LogP contribution in [0.2, 0.25) is 0 Å². The molecule has 0 aliphatic carbocycles. The lowest BCUT2D eigenvalue weighted by Gasteiger charge is -2.14. The number of thiophene rings is 1. The van der Waals surface area contributed by atoms with Gasteiger partial charge >= 0.3 is 0 Å². The molecule has 0 radical (unpaired) electrons. The lowest BCUT2D eigenvalue weighted by atomic mass is 10.1. The molecule has 1 amide bonds. The number of carbonyl (C=O) groups is 1. The van der Waals surface area contributed by atoms with Crippen molar-refractivity contribution in [2.75, 3.05) is 6.26 Å². The van der Waals surface area contributed by atoms with Gasteiger partial charge in [-0.05, 0) is 61.9 Å². The first-order valence-corrected chi connectivity index (χ1v) is 12.2. The summed E-state index contributed by atoms with van der Waals surface area (Å²) < 4.78 is 38.2. The highest BCUT2D eigenvalue weighted by Gasteiger charge is 2.19. The number of halogens is 1. The zero-order valence-electron chi connectivity index (χ0n) is 17.1. The quantitative estimate of drug-likeness (QED) is 0.481. The summed E-state index contributed by atoms with van der Waals surface area (Å²) in [5.41, 5.74) is 2.29. The molecule has 31 heavy (non-hydrogen) atoms. The van der Waals surface area contributed by atoms with Crippen molar-refractivity contribution in [2.45, 2.75) is 24.8 Å². The van der Waals surface area contributed by atoms with Crippen molar-refractivity contribution in [3.8, 4) is 5.69 Å². The van der Waals surface area contributed by atoms with Gasteiger partial charge in [0.25, 0.3) is 5.91 Å². The molecule has 2 aromatic heterocycles. The Hall–Kier alpha value is -3.04. The van der Waals surface area contributed by atoms with Gasteiger partial charge in [0.05, 0.1) is 27.2 Å². The fourth-order valence-corrected chi connectivity index (χ4v) is 4.99. The van der Waals surface area contributed by atoms with Gasteiger partial charge < -0.3 is 5.32 Å². The molecule has 6 nitrogen and oxygen atoms in total. The SMILES string of the molecule is Cc1nn(-c2ccc(F)cc2)c2sc(C(=O)NC(C)c3ccc(S(C)(=O)=O)cc3)cc12. The lowest BCUT2D eigenvalue weighted by molar-refractivity contribution is 0.0944. The van der Waals surface area contributed by atoms with Gasteiger partial charge in [-0.2, -0.15) is 5.10 Å². The van der Waals surface area contributed by atoms with E-state index in [9.17, 15) is 17.6 Å². The second kappa shape index (κ2) is 7.90. The predicted molar refractivity (Wildman–Crippen MR) is 119 cm³/mol. The van der Waals surface area contributed by atoms with Gasteiger partial charge in [0.1, 0.15) is 10.6 Å². The summed E-state index contributed by atoms with van der Waals surface area (Å²) in [4.78, 5) is 14.4. The summed E-state index contributed by atoms with van der Waals surface area (Å²) >= 11 is 1.31. The van der Waals surface area contributed by atoms with E-state index < -0.39 is 9.84 Å². The van der Waals surface area contributed by atoms with Gasteiger partial charge in [0.15, 0.2) is 9.84 Å². The van der Waals surface area contributed by atoms with Crippen LogP contribution in [-0.2, 0) is 9.84 Å². The van der Waals surface area contributed by atoms with Gasteiger partial charge in [-0.25, -0.2) is 17.5 Å². The van der Waals surface area contributed by atoms with Gasteiger partial charge in [0, 0.05) is 11.6 Å². The third-order valence-corrected chi connectivity index (χ3v) is 7.23. The van der Waals surface area contributed by atoms with Crippen molar-refractivity contribution in [2.24, 2.45) is 0 Å². The highest BCUT2D eigenvalue weighted by molar-refractivity contribution is 7.90. The van der Waals surface area contributed by atoms with E-state index in [-0.39, 0.29) is 22.7 Å². The molecule has 4 rings (SSSR count). The number of aryl methyl sites for hydroxylation is 1. The van der Waals surface area contributed by atoms with E-state index in [2.05, 4.69) is 10.4 Å². The Morgan fingerprint density at radius 3 is 2.39 bits per heavy atom. The number of nitrogens with one attached hydrogen (secondary N) is 1. The van der Waals surface area contributed by atoms with Gasteiger partial charge in [0.2, 0.25) is 0 Å². The molecule has 0 saturated carbocycles. The normalized spacial score (nSPS) is 12.8. The minimum atomic E-state index is -3.27. The maximum atomic E-state index is 13.3. The number of benzene rings is 2. The number of aromatic nitrogens is 2. The number of hydrogen-bond donors (Lipinski definition) is 1. The van der Waals surface area contributed by atoms with E-state index in [1.807, 2.05) is 13.8 Å². The van der Waals surface area contributed by atoms with Crippen molar-refractivity contribution in [1.82, 2.24) is 15.1 Å². The molecule has 4 aromatic rings. The van der Waals surface area contributed by atoms with E-state index in [1.165, 1.54) is 35.6 Å². The van der Waals surface area contributed by atoms with Gasteiger partial charge in [-0.15, -0.1) is 11.3 Å². The largest absolute Gasteiger partial charge is 0.345 e. The summed E-state index contributed by atoms with van der Waals surface area (Å²) in [6.45, 7) is 3.70. The number of hydrogen-bond acceptors (Lipinski definition) is 5. The fraction of sp³-hybridized carbons (Fsp3) is 0.182. The van der Waals surface area contributed by atoms with Gasteiger partial charge in [-0.1, -0.05) is 12.1 Å². The lowest BCUT2D eigenvalue weighted by Crippen LogP contribution is -2.25. The van der Waals surface area contributed by atoms with Crippen molar-refractivity contribution in [3.05, 3.63) is 76.5 Å². The van der Waals surface area contributed by atoms with Crippen LogP contribution in [0.1, 0.15) is 33.9 Å². The Morgan fingerprint density at radius 2 is 1.77 bits per heavy atom. The van der Waals surface area contributed by atoms with Crippen LogP contribution in [0.25, 0.3) is 15.9 Å². The molecule has 0 aliphatic heterocycles. The Balaban J connectivity index is 1.58. The molecule has 9 heteroatoms. The minimum absolute atomic E-state index is 0.231. The molecule has 2 heterocycles. The van der Waals surface area contributed by atoms with Crippen LogP contribution in [-0.4, -0.2) is 30.4 Å². The number of carbonyl (C=O) groups excluding carboxylic acids is 1. The molecule has 2 aromatic carbocycles. The molecule has 0 fully saturated rings. The molecular formula is C22H20FN3O3S2. The van der Waals surface area contributed by atoms with E-state index in [0.717, 1.165) is 27.7 Å². The monoisotopic (exact) mass is 457 g/mol. The van der Waals surface area contributed by atoms with Crippen LogP contribution in [0.15, 0.2) is 59.5 Å². The van der Waals surface area contributed by atoms with E-state index in [0.29, 0.717) is 10.6 Å². The second-order valence-electron chi connectivity index (χ2n) is 7.34. The Bertz CT molecular complexity index is 1370. The maximum Gasteiger partial charge on any atom is 0.261 e. The number of fused-ring (bicyclic) bond motifs is 1. The smallest absolute Gasteiger partial charge is 0.261 e. The second-order valence-corrected chi connectivity index (χ2v) is 10.4. The molecule has 0 aliphatic rings. The van der Waals surface area contributed by atoms with Crippen molar-refractivity contribution in [3.63, 3.8) is 0 Å². The average Bonchev–Trinajstić information content (AvgIpc) is 3.29. The van der Waals surface area contributed by atoms with Crippen LogP contribution >= 0.6 is 11.3 Å². The molecule has 0 saturated heterocycles. The third-order valence-electron chi connectivity index (χ3n) is 5.00. The molecule has 1 atom stereocenters. The van der Waals surface area contributed by atoms with Crippen molar-refractivity contribution in [1.29, 1.82) is 0 Å². The zero-order chi connectivity index (χ0) is 22.3. The highest BCUT2D eigenvalue weighted by Crippen LogP contribution is 2.31. The number of rotatable bonds is 5. The van der Waals surface area contributed by atoms with Crippen LogP contribution in [0.5, 0.6) is 0 Å². The van der Waals surface area contributed by atoms with E-state index >= 15 is 0 Å². The summed E-state index contributed by atoms with van der Waals surface area (Å²) in [5.74, 6) is -0.556. The summed E-state index contributed by atoms with van der Waals surface area (Å²) in [6, 6.07) is 14.0. The molecular weight excluding hydrogens is 437 g/mol. The first kappa shape index (κ1) is 21.2. The maximum absolute atomic E-state index is 13.3. The van der Waals surface area contributed by atoms with Crippen LogP contribution < -0.4 is 5.32 Å². The fourth-order valence-electron chi connectivity index (χ4n) is 3.27. The van der Waals surface area contributed by atoms with E-state index in [1.54, 1.807) is 35.0 Å². The summed E-state index contributed by atoms with van der Waals surface area (Å²) in [5, 5.41) is 8.33. The number of sulfone groups is 1. The first-order valence-electron chi connectivity index (χ1n) is 9.49. The molecule has 160 valence electrons. The molecule has 0 spiro atoms. The molecule has 1 N–H and O–H groups in total. The van der Waals surface area contributed by atoms with Crippen LogP contribution in [0.4, 0.5) is 4.39 Å². The Labute approximate surface area is 183 Å². The van der Waals surface area contributed by atoms with Crippen LogP contribution in [0.3, 0.4) is 0 Å². The minimum Gasteiger partial charge on any atom is -0.345 e. The van der Waals surface area contributed by atoms with Crippen LogP contribution in [0, 0.1) is 12.7 Å². The topological polar surface area (TPSA) is 81.1 Å². The average molecular weight is 458 g/mol. The molecule has 1 unspecified atom stereocenters. The Morgan fingerprint density at radius 1 is 1.13 bits per heavy atom. The zero-order valence-corrected chi connectivity index (χ0v) is 18.7. The molecule has 0 bridgehead atoms. The Kier molecular flexibility index (Phi) is 5.40. The number of nitrogens with zero attached hydrogens (tertiary/aromatic N) is 2. The third kappa shape index (κ3) is 4.24.